The highest BCUT2D eigenvalue weighted by Gasteiger charge is 2.24. The number of hydrogen-bond donors (Lipinski definition) is 0. The van der Waals surface area contributed by atoms with Crippen LogP contribution < -0.4 is 9.80 Å². The van der Waals surface area contributed by atoms with Crippen LogP contribution in [0.4, 0.5) is 39.8 Å². The zero-order chi connectivity index (χ0) is 50.5. The van der Waals surface area contributed by atoms with Crippen LogP contribution in [-0.2, 0) is 0 Å². The Hall–Kier alpha value is -9.74. The first-order valence-corrected chi connectivity index (χ1v) is 25.1. The first-order chi connectivity index (χ1) is 36.2. The summed E-state index contributed by atoms with van der Waals surface area (Å²) in [7, 11) is 0. The number of rotatable bonds is 10. The SMILES string of the molecule is [C-]#[N+]c1cccc(N(c2cc(-c3ccccc3C)cc(-c3ccccc3C)c2)c2ccc3ccc4c(N(c5cccc(C#N)c5)c5cc(-c6ccccc6C)cc(-c6ccccc6C)c5)ccc5ccc2c3c54)c1. The maximum atomic E-state index is 10.3. The van der Waals surface area contributed by atoms with Crippen molar-refractivity contribution in [1.82, 2.24) is 0 Å². The van der Waals surface area contributed by atoms with Gasteiger partial charge in [-0.3, -0.25) is 0 Å². The summed E-state index contributed by atoms with van der Waals surface area (Å²) >= 11 is 0. The largest absolute Gasteiger partial charge is 0.311 e. The minimum atomic E-state index is 0.571. The standard InChI is InChI=1S/C70H50N4/c1-45-16-6-10-24-61(45)52-37-53(62-25-11-7-17-46(62)2)40-59(39-52)73(57-22-14-20-49(36-57)44-71)67-34-30-50-29-33-66-68(35-31-51-28-32-65(67)69(50)70(51)66)74(58-23-15-21-56(43-58)72-5)60-41-54(63-26-12-8-18-47(63)3)38-55(42-60)64-27-13-9-19-48(64)4/h6-43H,1-4H3. The van der Waals surface area contributed by atoms with E-state index >= 15 is 0 Å². The summed E-state index contributed by atoms with van der Waals surface area (Å²) in [5, 5.41) is 17.1. The van der Waals surface area contributed by atoms with Gasteiger partial charge in [-0.15, -0.1) is 0 Å². The maximum Gasteiger partial charge on any atom is 0.189 e. The molecule has 12 aromatic carbocycles. The van der Waals surface area contributed by atoms with E-state index in [4.69, 9.17) is 6.57 Å². The molecule has 0 saturated carbocycles. The average Bonchev–Trinajstić information content (AvgIpc) is 3.44. The average molecular weight is 947 g/mol. The monoisotopic (exact) mass is 946 g/mol. The molecule has 350 valence electrons. The second-order valence-electron chi connectivity index (χ2n) is 19.4. The van der Waals surface area contributed by atoms with Crippen molar-refractivity contribution in [2.75, 3.05) is 9.80 Å². The topological polar surface area (TPSA) is 34.6 Å². The van der Waals surface area contributed by atoms with Crippen LogP contribution in [0.3, 0.4) is 0 Å². The van der Waals surface area contributed by atoms with E-state index in [1.165, 1.54) is 44.5 Å². The molecule has 0 saturated heterocycles. The molecule has 0 amide bonds. The zero-order valence-corrected chi connectivity index (χ0v) is 41.7. The third kappa shape index (κ3) is 8.06. The molecule has 74 heavy (non-hydrogen) atoms. The maximum absolute atomic E-state index is 10.3. The van der Waals surface area contributed by atoms with Crippen LogP contribution in [0.5, 0.6) is 0 Å². The second kappa shape index (κ2) is 18.8. The van der Waals surface area contributed by atoms with Crippen LogP contribution in [0.2, 0.25) is 0 Å². The molecule has 0 aliphatic carbocycles. The lowest BCUT2D eigenvalue weighted by atomic mass is 9.90. The molecule has 0 spiro atoms. The zero-order valence-electron chi connectivity index (χ0n) is 41.7. The second-order valence-corrected chi connectivity index (χ2v) is 19.4. The van der Waals surface area contributed by atoms with Gasteiger partial charge >= 0.3 is 0 Å². The Bertz CT molecular complexity index is 3840. The minimum Gasteiger partial charge on any atom is -0.311 e. The van der Waals surface area contributed by atoms with E-state index in [0.29, 0.717) is 11.3 Å². The van der Waals surface area contributed by atoms with Gasteiger partial charge in [-0.1, -0.05) is 152 Å². The highest BCUT2D eigenvalue weighted by atomic mass is 15.2. The van der Waals surface area contributed by atoms with Crippen molar-refractivity contribution in [3.05, 3.63) is 270 Å². The molecule has 0 bridgehead atoms. The predicted octanol–water partition coefficient (Wildman–Crippen LogP) is 19.8. The molecule has 0 heterocycles. The van der Waals surface area contributed by atoms with Gasteiger partial charge in [-0.05, 0) is 195 Å². The number of nitrogens with zero attached hydrogens (tertiary/aromatic N) is 4. The lowest BCUT2D eigenvalue weighted by Gasteiger charge is -2.30. The van der Waals surface area contributed by atoms with Crippen LogP contribution in [-0.4, -0.2) is 0 Å². The Morgan fingerprint density at radius 1 is 0.365 bits per heavy atom. The van der Waals surface area contributed by atoms with Gasteiger partial charge in [-0.2, -0.15) is 5.26 Å². The van der Waals surface area contributed by atoms with E-state index in [-0.39, 0.29) is 0 Å². The third-order valence-corrected chi connectivity index (χ3v) is 14.7. The number of aryl methyl sites for hydroxylation is 4. The summed E-state index contributed by atoms with van der Waals surface area (Å²) in [6.45, 7) is 16.8. The Balaban J connectivity index is 1.13. The lowest BCUT2D eigenvalue weighted by molar-refractivity contribution is 1.29. The van der Waals surface area contributed by atoms with Gasteiger partial charge < -0.3 is 9.80 Å². The molecule has 0 atom stereocenters. The van der Waals surface area contributed by atoms with Crippen molar-refractivity contribution in [1.29, 1.82) is 5.26 Å². The normalized spacial score (nSPS) is 11.2. The molecule has 0 aromatic heterocycles. The van der Waals surface area contributed by atoms with Crippen molar-refractivity contribution >= 4 is 72.1 Å². The van der Waals surface area contributed by atoms with Gasteiger partial charge in [0.2, 0.25) is 0 Å². The molecule has 0 aliphatic rings. The first kappa shape index (κ1) is 45.4. The molecule has 0 radical (unpaired) electrons. The summed E-state index contributed by atoms with van der Waals surface area (Å²) in [6.07, 6.45) is 0. The van der Waals surface area contributed by atoms with Crippen molar-refractivity contribution in [2.45, 2.75) is 27.7 Å². The van der Waals surface area contributed by atoms with E-state index in [1.54, 1.807) is 0 Å². The minimum absolute atomic E-state index is 0.571. The van der Waals surface area contributed by atoms with E-state index < -0.39 is 0 Å². The third-order valence-electron chi connectivity index (χ3n) is 14.7. The molecule has 12 rings (SSSR count). The Morgan fingerprint density at radius 3 is 1.14 bits per heavy atom. The van der Waals surface area contributed by atoms with Crippen LogP contribution in [0.1, 0.15) is 27.8 Å². The fourth-order valence-corrected chi connectivity index (χ4v) is 11.1. The summed E-state index contributed by atoms with van der Waals surface area (Å²) in [4.78, 5) is 8.60. The molecule has 0 fully saturated rings. The van der Waals surface area contributed by atoms with Crippen molar-refractivity contribution in [3.63, 3.8) is 0 Å². The van der Waals surface area contributed by atoms with E-state index in [0.717, 1.165) is 88.7 Å². The highest BCUT2D eigenvalue weighted by molar-refractivity contribution is 6.28. The first-order valence-electron chi connectivity index (χ1n) is 25.1. The van der Waals surface area contributed by atoms with Gasteiger partial charge in [0, 0.05) is 33.5 Å². The van der Waals surface area contributed by atoms with Crippen molar-refractivity contribution in [3.8, 4) is 50.6 Å². The van der Waals surface area contributed by atoms with Crippen molar-refractivity contribution in [2.24, 2.45) is 0 Å². The van der Waals surface area contributed by atoms with Gasteiger partial charge in [-0.25, -0.2) is 4.85 Å². The number of benzene rings is 12. The smallest absolute Gasteiger partial charge is 0.189 e. The van der Waals surface area contributed by atoms with Crippen LogP contribution in [0.15, 0.2) is 231 Å². The van der Waals surface area contributed by atoms with Crippen LogP contribution >= 0.6 is 0 Å². The molecule has 0 aliphatic heterocycles. The Morgan fingerprint density at radius 2 is 0.743 bits per heavy atom. The molecular weight excluding hydrogens is 897 g/mol. The Labute approximate surface area is 433 Å². The number of hydrogen-bond acceptors (Lipinski definition) is 3. The van der Waals surface area contributed by atoms with Gasteiger partial charge in [0.1, 0.15) is 0 Å². The molecule has 4 nitrogen and oxygen atoms in total. The summed E-state index contributed by atoms with van der Waals surface area (Å²) in [5.41, 5.74) is 20.8. The predicted molar refractivity (Wildman–Crippen MR) is 311 cm³/mol. The fourth-order valence-electron chi connectivity index (χ4n) is 11.1. The quantitative estimate of drug-likeness (QED) is 0.101. The van der Waals surface area contributed by atoms with E-state index in [9.17, 15) is 5.26 Å². The van der Waals surface area contributed by atoms with Crippen LogP contribution in [0.25, 0.3) is 81.7 Å². The molecule has 12 aromatic rings. The summed E-state index contributed by atoms with van der Waals surface area (Å²) in [6, 6.07) is 84.5. The number of nitriles is 1. The van der Waals surface area contributed by atoms with Gasteiger partial charge in [0.15, 0.2) is 5.69 Å². The summed E-state index contributed by atoms with van der Waals surface area (Å²) in [5.74, 6) is 0. The fraction of sp³-hybridized carbons (Fsp3) is 0.0571. The molecular formula is C70H50N4. The number of anilines is 6. The molecule has 4 heteroatoms. The Kier molecular flexibility index (Phi) is 11.5. The summed E-state index contributed by atoms with van der Waals surface area (Å²) < 4.78 is 0. The van der Waals surface area contributed by atoms with Crippen molar-refractivity contribution < 1.29 is 0 Å². The van der Waals surface area contributed by atoms with E-state index in [2.05, 4.69) is 243 Å². The van der Waals surface area contributed by atoms with Gasteiger partial charge in [0.05, 0.1) is 29.6 Å². The van der Waals surface area contributed by atoms with Gasteiger partial charge in [0.25, 0.3) is 0 Å². The molecule has 0 unspecified atom stereocenters. The highest BCUT2D eigenvalue weighted by Crippen LogP contribution is 2.50. The molecule has 0 N–H and O–H groups in total. The van der Waals surface area contributed by atoms with E-state index in [1.807, 2.05) is 36.4 Å². The van der Waals surface area contributed by atoms with Crippen LogP contribution in [0, 0.1) is 45.6 Å². The lowest BCUT2D eigenvalue weighted by Crippen LogP contribution is -2.12.